The summed E-state index contributed by atoms with van der Waals surface area (Å²) in [5, 5.41) is 13.7. The van der Waals surface area contributed by atoms with Crippen LogP contribution < -0.4 is 10.2 Å². The molecule has 1 aromatic carbocycles. The summed E-state index contributed by atoms with van der Waals surface area (Å²) in [5.74, 6) is 0. The highest BCUT2D eigenvalue weighted by atomic mass is 79.9. The van der Waals surface area contributed by atoms with E-state index in [0.717, 1.165) is 36.9 Å². The van der Waals surface area contributed by atoms with E-state index >= 15 is 0 Å². The molecule has 19 heavy (non-hydrogen) atoms. The van der Waals surface area contributed by atoms with Gasteiger partial charge < -0.3 is 15.3 Å². The van der Waals surface area contributed by atoms with Crippen LogP contribution in [-0.2, 0) is 6.54 Å². The predicted octanol–water partition coefficient (Wildman–Crippen LogP) is 2.91. The fourth-order valence-corrected chi connectivity index (χ4v) is 3.02. The highest BCUT2D eigenvalue weighted by molar-refractivity contribution is 9.10. The molecule has 106 valence electrons. The van der Waals surface area contributed by atoms with E-state index in [1.54, 1.807) is 0 Å². The maximum atomic E-state index is 10.3. The molecule has 0 amide bonds. The Hall–Kier alpha value is -0.580. The number of β-amino-alcohol motifs (C(OH)–C–C–N with tert-alkyl or cyclic N) is 1. The molecule has 1 aromatic rings. The Kier molecular flexibility index (Phi) is 4.87. The van der Waals surface area contributed by atoms with Crippen molar-refractivity contribution in [1.29, 1.82) is 0 Å². The standard InChI is InChI=1S/C15H23BrN2O/c1-3-17-10-12-5-6-13(16)9-14(12)18-8-4-7-15(2,19)11-18/h5-6,9,17,19H,3-4,7-8,10-11H2,1-2H3. The van der Waals surface area contributed by atoms with E-state index in [9.17, 15) is 5.11 Å². The number of piperidine rings is 1. The van der Waals surface area contributed by atoms with Gasteiger partial charge in [-0.05, 0) is 44.0 Å². The fraction of sp³-hybridized carbons (Fsp3) is 0.600. The van der Waals surface area contributed by atoms with Gasteiger partial charge in [0.2, 0.25) is 0 Å². The number of nitrogens with one attached hydrogen (secondary N) is 1. The van der Waals surface area contributed by atoms with Crippen LogP contribution in [-0.4, -0.2) is 30.3 Å². The summed E-state index contributed by atoms with van der Waals surface area (Å²) < 4.78 is 1.09. The number of anilines is 1. The third-order valence-electron chi connectivity index (χ3n) is 3.63. The van der Waals surface area contributed by atoms with Gasteiger partial charge in [0.15, 0.2) is 0 Å². The highest BCUT2D eigenvalue weighted by Crippen LogP contribution is 2.30. The van der Waals surface area contributed by atoms with Crippen molar-refractivity contribution in [2.75, 3.05) is 24.5 Å². The summed E-state index contributed by atoms with van der Waals surface area (Å²) in [6.07, 6.45) is 1.93. The summed E-state index contributed by atoms with van der Waals surface area (Å²) in [6.45, 7) is 7.62. The average Bonchev–Trinajstić information content (AvgIpc) is 2.36. The highest BCUT2D eigenvalue weighted by Gasteiger charge is 2.29. The Balaban J connectivity index is 2.23. The zero-order valence-corrected chi connectivity index (χ0v) is 13.3. The van der Waals surface area contributed by atoms with Gasteiger partial charge in [0.25, 0.3) is 0 Å². The first-order chi connectivity index (χ1) is 9.02. The Morgan fingerprint density at radius 3 is 2.95 bits per heavy atom. The minimum absolute atomic E-state index is 0.573. The van der Waals surface area contributed by atoms with E-state index in [1.807, 2.05) is 6.92 Å². The summed E-state index contributed by atoms with van der Waals surface area (Å²) in [4.78, 5) is 2.31. The van der Waals surface area contributed by atoms with Crippen LogP contribution in [0.4, 0.5) is 5.69 Å². The van der Waals surface area contributed by atoms with Crippen LogP contribution in [0.1, 0.15) is 32.3 Å². The SMILES string of the molecule is CCNCc1ccc(Br)cc1N1CCCC(C)(O)C1. The first kappa shape index (κ1) is 14.8. The van der Waals surface area contributed by atoms with Crippen molar-refractivity contribution < 1.29 is 5.11 Å². The molecule has 1 aliphatic heterocycles. The van der Waals surface area contributed by atoms with Gasteiger partial charge in [-0.2, -0.15) is 0 Å². The number of rotatable bonds is 4. The molecule has 0 saturated carbocycles. The van der Waals surface area contributed by atoms with Gasteiger partial charge in [-0.3, -0.25) is 0 Å². The van der Waals surface area contributed by atoms with Gasteiger partial charge in [0, 0.05) is 29.8 Å². The smallest absolute Gasteiger partial charge is 0.0794 e. The zero-order chi connectivity index (χ0) is 13.9. The summed E-state index contributed by atoms with van der Waals surface area (Å²) in [7, 11) is 0. The Bertz CT molecular complexity index is 434. The van der Waals surface area contributed by atoms with Crippen LogP contribution in [0.25, 0.3) is 0 Å². The Morgan fingerprint density at radius 1 is 1.47 bits per heavy atom. The summed E-state index contributed by atoms with van der Waals surface area (Å²) in [6, 6.07) is 6.40. The molecule has 1 atom stereocenters. The van der Waals surface area contributed by atoms with E-state index in [1.165, 1.54) is 11.3 Å². The summed E-state index contributed by atoms with van der Waals surface area (Å²) in [5.41, 5.74) is 1.95. The van der Waals surface area contributed by atoms with Crippen molar-refractivity contribution in [3.8, 4) is 0 Å². The van der Waals surface area contributed by atoms with Gasteiger partial charge in [0.1, 0.15) is 0 Å². The van der Waals surface area contributed by atoms with E-state index in [4.69, 9.17) is 0 Å². The van der Waals surface area contributed by atoms with Crippen molar-refractivity contribution >= 4 is 21.6 Å². The molecule has 1 fully saturated rings. The van der Waals surface area contributed by atoms with Crippen molar-refractivity contribution in [3.05, 3.63) is 28.2 Å². The van der Waals surface area contributed by atoms with E-state index in [-0.39, 0.29) is 0 Å². The molecule has 0 radical (unpaired) electrons. The number of hydrogen-bond donors (Lipinski definition) is 2. The van der Waals surface area contributed by atoms with Crippen LogP contribution in [0.3, 0.4) is 0 Å². The largest absolute Gasteiger partial charge is 0.388 e. The number of nitrogens with zero attached hydrogens (tertiary/aromatic N) is 1. The molecular formula is C15H23BrN2O. The van der Waals surface area contributed by atoms with Crippen LogP contribution >= 0.6 is 15.9 Å². The van der Waals surface area contributed by atoms with Crippen molar-refractivity contribution in [2.45, 2.75) is 38.8 Å². The van der Waals surface area contributed by atoms with Crippen molar-refractivity contribution in [1.82, 2.24) is 5.32 Å². The van der Waals surface area contributed by atoms with E-state index < -0.39 is 5.60 Å². The molecule has 0 bridgehead atoms. The summed E-state index contributed by atoms with van der Waals surface area (Å²) >= 11 is 3.55. The van der Waals surface area contributed by atoms with Crippen molar-refractivity contribution in [3.63, 3.8) is 0 Å². The van der Waals surface area contributed by atoms with Gasteiger partial charge in [-0.1, -0.05) is 28.9 Å². The van der Waals surface area contributed by atoms with Crippen LogP contribution in [0.2, 0.25) is 0 Å². The zero-order valence-electron chi connectivity index (χ0n) is 11.7. The predicted molar refractivity (Wildman–Crippen MR) is 83.6 cm³/mol. The second-order valence-corrected chi connectivity index (χ2v) is 6.49. The monoisotopic (exact) mass is 326 g/mol. The molecular weight excluding hydrogens is 304 g/mol. The first-order valence-electron chi connectivity index (χ1n) is 6.98. The second kappa shape index (κ2) is 6.25. The number of halogens is 1. The van der Waals surface area contributed by atoms with Crippen LogP contribution in [0.5, 0.6) is 0 Å². The normalized spacial score (nSPS) is 23.7. The maximum Gasteiger partial charge on any atom is 0.0794 e. The molecule has 1 aliphatic rings. The average molecular weight is 327 g/mol. The topological polar surface area (TPSA) is 35.5 Å². The van der Waals surface area contributed by atoms with Gasteiger partial charge in [-0.25, -0.2) is 0 Å². The van der Waals surface area contributed by atoms with Crippen LogP contribution in [0.15, 0.2) is 22.7 Å². The maximum absolute atomic E-state index is 10.3. The molecule has 4 heteroatoms. The van der Waals surface area contributed by atoms with E-state index in [2.05, 4.69) is 51.3 Å². The molecule has 0 spiro atoms. The van der Waals surface area contributed by atoms with Gasteiger partial charge in [0.05, 0.1) is 5.60 Å². The number of aliphatic hydroxyl groups is 1. The first-order valence-corrected chi connectivity index (χ1v) is 7.77. The lowest BCUT2D eigenvalue weighted by atomic mass is 9.94. The molecule has 1 saturated heterocycles. The molecule has 2 rings (SSSR count). The molecule has 1 heterocycles. The molecule has 0 aromatic heterocycles. The van der Waals surface area contributed by atoms with E-state index in [0.29, 0.717) is 6.54 Å². The lowest BCUT2D eigenvalue weighted by Crippen LogP contribution is -2.46. The number of hydrogen-bond acceptors (Lipinski definition) is 3. The van der Waals surface area contributed by atoms with Gasteiger partial charge in [-0.15, -0.1) is 0 Å². The Labute approximate surface area is 124 Å². The molecule has 2 N–H and O–H groups in total. The minimum Gasteiger partial charge on any atom is -0.388 e. The quantitative estimate of drug-likeness (QED) is 0.893. The molecule has 0 aliphatic carbocycles. The van der Waals surface area contributed by atoms with Crippen molar-refractivity contribution in [2.24, 2.45) is 0 Å². The van der Waals surface area contributed by atoms with Gasteiger partial charge >= 0.3 is 0 Å². The lowest BCUT2D eigenvalue weighted by molar-refractivity contribution is 0.0449. The molecule has 1 unspecified atom stereocenters. The Morgan fingerprint density at radius 2 is 2.26 bits per heavy atom. The third kappa shape index (κ3) is 3.94. The minimum atomic E-state index is -0.573. The second-order valence-electron chi connectivity index (χ2n) is 5.58. The van der Waals surface area contributed by atoms with Crippen LogP contribution in [0, 0.1) is 0 Å². The third-order valence-corrected chi connectivity index (χ3v) is 4.12. The lowest BCUT2D eigenvalue weighted by Gasteiger charge is -2.39. The molecule has 3 nitrogen and oxygen atoms in total. The fourth-order valence-electron chi connectivity index (χ4n) is 2.67. The number of benzene rings is 1.